The average Bonchev–Trinajstić information content (AvgIpc) is 2.27. The van der Waals surface area contributed by atoms with Crippen LogP contribution in [0.4, 0.5) is 0 Å². The maximum absolute atomic E-state index is 9.57. The van der Waals surface area contributed by atoms with Crippen molar-refractivity contribution < 1.29 is 9.84 Å². The van der Waals surface area contributed by atoms with Crippen molar-refractivity contribution in [2.45, 2.75) is 17.4 Å². The summed E-state index contributed by atoms with van der Waals surface area (Å²) in [7, 11) is 1.61. The third-order valence-electron chi connectivity index (χ3n) is 2.06. The van der Waals surface area contributed by atoms with Crippen LogP contribution < -0.4 is 10.5 Å². The van der Waals surface area contributed by atoms with Crippen LogP contribution in [0.15, 0.2) is 23.1 Å². The van der Waals surface area contributed by atoms with E-state index in [9.17, 15) is 5.11 Å². The molecule has 0 aromatic heterocycles. The number of hydrogen-bond donors (Lipinski definition) is 2. The van der Waals surface area contributed by atoms with Gasteiger partial charge in [-0.1, -0.05) is 11.6 Å². The summed E-state index contributed by atoms with van der Waals surface area (Å²) < 4.78 is 5.21. The third kappa shape index (κ3) is 4.22. The summed E-state index contributed by atoms with van der Waals surface area (Å²) in [6.07, 6.45) is 0.217. The SMILES string of the molecule is COc1ccc(Cl)cc1SCC(O)CCN. The number of hydrogen-bond acceptors (Lipinski definition) is 4. The zero-order chi connectivity index (χ0) is 12.0. The molecule has 0 aliphatic heterocycles. The van der Waals surface area contributed by atoms with E-state index in [1.807, 2.05) is 12.1 Å². The second kappa shape index (κ2) is 7.01. The number of aliphatic hydroxyl groups is 1. The zero-order valence-corrected chi connectivity index (χ0v) is 10.7. The Morgan fingerprint density at radius 1 is 1.56 bits per heavy atom. The van der Waals surface area contributed by atoms with Gasteiger partial charge < -0.3 is 15.6 Å². The number of aliphatic hydroxyl groups excluding tert-OH is 1. The molecule has 1 unspecified atom stereocenters. The number of halogens is 1. The van der Waals surface area contributed by atoms with Gasteiger partial charge in [-0.2, -0.15) is 0 Å². The minimum atomic E-state index is -0.390. The summed E-state index contributed by atoms with van der Waals surface area (Å²) in [5, 5.41) is 10.2. The lowest BCUT2D eigenvalue weighted by Gasteiger charge is -2.11. The summed E-state index contributed by atoms with van der Waals surface area (Å²) in [5.41, 5.74) is 5.36. The van der Waals surface area contributed by atoms with E-state index in [1.165, 1.54) is 11.8 Å². The number of benzene rings is 1. The second-order valence-electron chi connectivity index (χ2n) is 3.34. The molecule has 1 aromatic carbocycles. The molecule has 0 spiro atoms. The highest BCUT2D eigenvalue weighted by atomic mass is 35.5. The van der Waals surface area contributed by atoms with E-state index in [0.29, 0.717) is 23.7 Å². The zero-order valence-electron chi connectivity index (χ0n) is 9.15. The molecule has 1 aromatic rings. The Balaban J connectivity index is 2.61. The van der Waals surface area contributed by atoms with Crippen molar-refractivity contribution in [3.63, 3.8) is 0 Å². The number of rotatable bonds is 6. The normalized spacial score (nSPS) is 12.5. The Morgan fingerprint density at radius 2 is 2.31 bits per heavy atom. The quantitative estimate of drug-likeness (QED) is 0.771. The molecule has 0 saturated heterocycles. The predicted molar refractivity (Wildman–Crippen MR) is 68.4 cm³/mol. The summed E-state index contributed by atoms with van der Waals surface area (Å²) in [5.74, 6) is 1.36. The van der Waals surface area contributed by atoms with Gasteiger partial charge >= 0.3 is 0 Å². The molecular weight excluding hydrogens is 246 g/mol. The summed E-state index contributed by atoms with van der Waals surface area (Å²) in [6, 6.07) is 5.43. The fourth-order valence-electron chi connectivity index (χ4n) is 1.23. The van der Waals surface area contributed by atoms with E-state index in [1.54, 1.807) is 13.2 Å². The van der Waals surface area contributed by atoms with Crippen LogP contribution in [0.3, 0.4) is 0 Å². The van der Waals surface area contributed by atoms with Gasteiger partial charge in [-0.3, -0.25) is 0 Å². The number of nitrogens with two attached hydrogens (primary N) is 1. The van der Waals surface area contributed by atoms with Crippen LogP contribution in [-0.2, 0) is 0 Å². The smallest absolute Gasteiger partial charge is 0.132 e. The van der Waals surface area contributed by atoms with Crippen molar-refractivity contribution >= 4 is 23.4 Å². The summed E-state index contributed by atoms with van der Waals surface area (Å²) in [4.78, 5) is 0.936. The molecule has 0 aliphatic rings. The first-order valence-electron chi connectivity index (χ1n) is 5.02. The Labute approximate surface area is 105 Å². The standard InChI is InChI=1S/C11H16ClNO2S/c1-15-10-3-2-8(12)6-11(10)16-7-9(14)4-5-13/h2-3,6,9,14H,4-5,7,13H2,1H3. The molecule has 0 bridgehead atoms. The van der Waals surface area contributed by atoms with Crippen molar-refractivity contribution in [2.24, 2.45) is 5.73 Å². The minimum absolute atomic E-state index is 0.390. The van der Waals surface area contributed by atoms with Crippen LogP contribution in [0.1, 0.15) is 6.42 Å². The first-order valence-corrected chi connectivity index (χ1v) is 6.38. The average molecular weight is 262 g/mol. The number of ether oxygens (including phenoxy) is 1. The van der Waals surface area contributed by atoms with E-state index in [2.05, 4.69) is 0 Å². The molecule has 5 heteroatoms. The van der Waals surface area contributed by atoms with Crippen molar-refractivity contribution in [1.82, 2.24) is 0 Å². The minimum Gasteiger partial charge on any atom is -0.496 e. The molecule has 0 radical (unpaired) electrons. The van der Waals surface area contributed by atoms with Crippen LogP contribution in [0, 0.1) is 0 Å². The third-order valence-corrected chi connectivity index (χ3v) is 3.47. The molecule has 16 heavy (non-hydrogen) atoms. The Kier molecular flexibility index (Phi) is 5.98. The Bertz CT molecular complexity index is 336. The molecule has 0 heterocycles. The van der Waals surface area contributed by atoms with Crippen LogP contribution in [-0.4, -0.2) is 30.6 Å². The van der Waals surface area contributed by atoms with Crippen molar-refractivity contribution in [3.8, 4) is 5.75 Å². The van der Waals surface area contributed by atoms with Gasteiger partial charge in [0.25, 0.3) is 0 Å². The molecule has 0 amide bonds. The monoisotopic (exact) mass is 261 g/mol. The van der Waals surface area contributed by atoms with Crippen LogP contribution >= 0.6 is 23.4 Å². The molecule has 90 valence electrons. The van der Waals surface area contributed by atoms with E-state index in [-0.39, 0.29) is 0 Å². The van der Waals surface area contributed by atoms with Crippen molar-refractivity contribution in [1.29, 1.82) is 0 Å². The van der Waals surface area contributed by atoms with Gasteiger partial charge in [-0.15, -0.1) is 11.8 Å². The summed E-state index contributed by atoms with van der Waals surface area (Å²) >= 11 is 7.42. The topological polar surface area (TPSA) is 55.5 Å². The molecule has 0 aliphatic carbocycles. The second-order valence-corrected chi connectivity index (χ2v) is 4.84. The van der Waals surface area contributed by atoms with Crippen molar-refractivity contribution in [2.75, 3.05) is 19.4 Å². The Hall–Kier alpha value is -0.420. The fraction of sp³-hybridized carbons (Fsp3) is 0.455. The largest absolute Gasteiger partial charge is 0.496 e. The van der Waals surface area contributed by atoms with Gasteiger partial charge in [-0.05, 0) is 31.2 Å². The number of thioether (sulfide) groups is 1. The highest BCUT2D eigenvalue weighted by molar-refractivity contribution is 7.99. The van der Waals surface area contributed by atoms with E-state index in [0.717, 1.165) is 10.6 Å². The van der Waals surface area contributed by atoms with E-state index < -0.39 is 6.10 Å². The first kappa shape index (κ1) is 13.6. The van der Waals surface area contributed by atoms with E-state index in [4.69, 9.17) is 22.1 Å². The molecular formula is C11H16ClNO2S. The molecule has 0 saturated carbocycles. The van der Waals surface area contributed by atoms with Crippen LogP contribution in [0.5, 0.6) is 5.75 Å². The maximum Gasteiger partial charge on any atom is 0.132 e. The van der Waals surface area contributed by atoms with Gasteiger partial charge in [0, 0.05) is 10.8 Å². The van der Waals surface area contributed by atoms with Gasteiger partial charge in [0.05, 0.1) is 18.1 Å². The maximum atomic E-state index is 9.57. The van der Waals surface area contributed by atoms with Gasteiger partial charge in [0.15, 0.2) is 0 Å². The highest BCUT2D eigenvalue weighted by Crippen LogP contribution is 2.32. The van der Waals surface area contributed by atoms with Crippen LogP contribution in [0.2, 0.25) is 5.02 Å². The lowest BCUT2D eigenvalue weighted by molar-refractivity contribution is 0.192. The van der Waals surface area contributed by atoms with Crippen LogP contribution in [0.25, 0.3) is 0 Å². The van der Waals surface area contributed by atoms with Gasteiger partial charge in [-0.25, -0.2) is 0 Å². The molecule has 3 nitrogen and oxygen atoms in total. The predicted octanol–water partition coefficient (Wildman–Crippen LogP) is 2.15. The highest BCUT2D eigenvalue weighted by Gasteiger charge is 2.08. The molecule has 0 fully saturated rings. The Morgan fingerprint density at radius 3 is 2.94 bits per heavy atom. The molecule has 1 rings (SSSR count). The molecule has 3 N–H and O–H groups in total. The number of methoxy groups -OCH3 is 1. The fourth-order valence-corrected chi connectivity index (χ4v) is 2.50. The molecule has 1 atom stereocenters. The summed E-state index contributed by atoms with van der Waals surface area (Å²) in [6.45, 7) is 0.494. The lowest BCUT2D eigenvalue weighted by atomic mass is 10.3. The van der Waals surface area contributed by atoms with Gasteiger partial charge in [0.1, 0.15) is 5.75 Å². The van der Waals surface area contributed by atoms with Crippen molar-refractivity contribution in [3.05, 3.63) is 23.2 Å². The lowest BCUT2D eigenvalue weighted by Crippen LogP contribution is -2.15. The first-order chi connectivity index (χ1) is 7.67. The van der Waals surface area contributed by atoms with Gasteiger partial charge in [0.2, 0.25) is 0 Å². The van der Waals surface area contributed by atoms with E-state index >= 15 is 0 Å².